The Hall–Kier alpha value is -2.74. The highest BCUT2D eigenvalue weighted by Crippen LogP contribution is 2.36. The van der Waals surface area contributed by atoms with Gasteiger partial charge in [-0.1, -0.05) is 42.5 Å². The molecule has 0 amide bonds. The Balaban J connectivity index is 2.20. The Kier molecular flexibility index (Phi) is 3.61. The van der Waals surface area contributed by atoms with Crippen molar-refractivity contribution in [3.05, 3.63) is 84.4 Å². The maximum atomic E-state index is 5.99. The Morgan fingerprint density at radius 3 is 1.76 bits per heavy atom. The van der Waals surface area contributed by atoms with Crippen molar-refractivity contribution in [3.63, 3.8) is 0 Å². The van der Waals surface area contributed by atoms with Gasteiger partial charge in [0.1, 0.15) is 0 Å². The summed E-state index contributed by atoms with van der Waals surface area (Å²) in [5.74, 6) is 0. The summed E-state index contributed by atoms with van der Waals surface area (Å²) in [5.41, 5.74) is 11.3. The number of benzene rings is 3. The Morgan fingerprint density at radius 2 is 1.24 bits per heavy atom. The summed E-state index contributed by atoms with van der Waals surface area (Å²) in [6.07, 6.45) is 0. The first-order valence-corrected chi connectivity index (χ1v) is 7.02. The highest BCUT2D eigenvalue weighted by molar-refractivity contribution is 5.79. The summed E-state index contributed by atoms with van der Waals surface area (Å²) in [6, 6.07) is 26.7. The topological polar surface area (TPSA) is 29.3 Å². The molecule has 0 aliphatic rings. The lowest BCUT2D eigenvalue weighted by atomic mass is 10.1. The SMILES string of the molecule is Cc1ccc(N)cc1N(c1ccccc1)c1ccccc1. The molecule has 0 saturated carbocycles. The van der Waals surface area contributed by atoms with Crippen LogP contribution in [0.2, 0.25) is 0 Å². The number of hydrogen-bond acceptors (Lipinski definition) is 2. The zero-order valence-corrected chi connectivity index (χ0v) is 12.0. The monoisotopic (exact) mass is 274 g/mol. The number of nitrogens with two attached hydrogens (primary N) is 1. The smallest absolute Gasteiger partial charge is 0.0511 e. The number of hydrogen-bond donors (Lipinski definition) is 1. The minimum absolute atomic E-state index is 0.771. The van der Waals surface area contributed by atoms with Crippen LogP contribution < -0.4 is 10.6 Å². The zero-order chi connectivity index (χ0) is 14.7. The van der Waals surface area contributed by atoms with Crippen molar-refractivity contribution in [1.29, 1.82) is 0 Å². The molecule has 3 aromatic carbocycles. The van der Waals surface area contributed by atoms with Gasteiger partial charge in [-0.15, -0.1) is 0 Å². The molecule has 0 atom stereocenters. The molecule has 21 heavy (non-hydrogen) atoms. The minimum atomic E-state index is 0.771. The standard InChI is InChI=1S/C19H18N2/c1-15-12-13-16(20)14-19(15)21(17-8-4-2-5-9-17)18-10-6-3-7-11-18/h2-14H,20H2,1H3. The maximum absolute atomic E-state index is 5.99. The second-order valence-electron chi connectivity index (χ2n) is 5.05. The Morgan fingerprint density at radius 1 is 0.714 bits per heavy atom. The third kappa shape index (κ3) is 2.75. The van der Waals surface area contributed by atoms with E-state index < -0.39 is 0 Å². The van der Waals surface area contributed by atoms with Gasteiger partial charge >= 0.3 is 0 Å². The van der Waals surface area contributed by atoms with E-state index in [9.17, 15) is 0 Å². The lowest BCUT2D eigenvalue weighted by Gasteiger charge is -2.27. The van der Waals surface area contributed by atoms with Crippen LogP contribution in [-0.4, -0.2) is 0 Å². The summed E-state index contributed by atoms with van der Waals surface area (Å²) in [6.45, 7) is 2.10. The predicted molar refractivity (Wildman–Crippen MR) is 90.3 cm³/mol. The van der Waals surface area contributed by atoms with E-state index in [0.29, 0.717) is 0 Å². The molecule has 0 radical (unpaired) electrons. The van der Waals surface area contributed by atoms with E-state index in [4.69, 9.17) is 5.73 Å². The largest absolute Gasteiger partial charge is 0.399 e. The number of para-hydroxylation sites is 2. The van der Waals surface area contributed by atoms with E-state index in [1.54, 1.807) is 0 Å². The highest BCUT2D eigenvalue weighted by atomic mass is 15.1. The fourth-order valence-corrected chi connectivity index (χ4v) is 2.45. The average Bonchev–Trinajstić information content (AvgIpc) is 2.53. The van der Waals surface area contributed by atoms with Crippen LogP contribution in [0.15, 0.2) is 78.9 Å². The molecule has 2 nitrogen and oxygen atoms in total. The van der Waals surface area contributed by atoms with Crippen molar-refractivity contribution in [3.8, 4) is 0 Å². The fourth-order valence-electron chi connectivity index (χ4n) is 2.45. The molecule has 0 spiro atoms. The van der Waals surface area contributed by atoms with Crippen LogP contribution in [0.5, 0.6) is 0 Å². The average molecular weight is 274 g/mol. The summed E-state index contributed by atoms with van der Waals surface area (Å²) < 4.78 is 0. The van der Waals surface area contributed by atoms with Crippen LogP contribution in [0, 0.1) is 6.92 Å². The molecule has 0 saturated heterocycles. The Bertz CT molecular complexity index is 682. The van der Waals surface area contributed by atoms with Crippen molar-refractivity contribution >= 4 is 22.7 Å². The maximum Gasteiger partial charge on any atom is 0.0511 e. The number of nitrogens with zero attached hydrogens (tertiary/aromatic N) is 1. The normalized spacial score (nSPS) is 10.3. The molecule has 2 heteroatoms. The zero-order valence-electron chi connectivity index (χ0n) is 12.0. The van der Waals surface area contributed by atoms with Gasteiger partial charge in [0, 0.05) is 17.1 Å². The lowest BCUT2D eigenvalue weighted by Crippen LogP contribution is -2.11. The van der Waals surface area contributed by atoms with Gasteiger partial charge in [-0.05, 0) is 48.9 Å². The summed E-state index contributed by atoms with van der Waals surface area (Å²) in [4.78, 5) is 2.23. The van der Waals surface area contributed by atoms with Crippen LogP contribution in [0.3, 0.4) is 0 Å². The molecule has 0 aliphatic carbocycles. The second kappa shape index (κ2) is 5.71. The minimum Gasteiger partial charge on any atom is -0.399 e. The van der Waals surface area contributed by atoms with Gasteiger partial charge in [-0.2, -0.15) is 0 Å². The summed E-state index contributed by atoms with van der Waals surface area (Å²) in [5, 5.41) is 0. The summed E-state index contributed by atoms with van der Waals surface area (Å²) in [7, 11) is 0. The second-order valence-corrected chi connectivity index (χ2v) is 5.05. The van der Waals surface area contributed by atoms with E-state index in [1.807, 2.05) is 48.5 Å². The molecular formula is C19H18N2. The molecule has 0 aromatic heterocycles. The summed E-state index contributed by atoms with van der Waals surface area (Å²) >= 11 is 0. The van der Waals surface area contributed by atoms with E-state index in [0.717, 1.165) is 22.7 Å². The molecule has 3 aromatic rings. The first-order chi connectivity index (χ1) is 10.3. The number of anilines is 4. The molecule has 0 heterocycles. The van der Waals surface area contributed by atoms with Gasteiger partial charge < -0.3 is 10.6 Å². The fraction of sp³-hybridized carbons (Fsp3) is 0.0526. The van der Waals surface area contributed by atoms with Crippen LogP contribution in [0.1, 0.15) is 5.56 Å². The van der Waals surface area contributed by atoms with Gasteiger partial charge in [0.2, 0.25) is 0 Å². The third-order valence-electron chi connectivity index (χ3n) is 3.50. The van der Waals surface area contributed by atoms with Crippen molar-refractivity contribution < 1.29 is 0 Å². The number of rotatable bonds is 3. The molecular weight excluding hydrogens is 256 g/mol. The van der Waals surface area contributed by atoms with Crippen molar-refractivity contribution in [2.75, 3.05) is 10.6 Å². The third-order valence-corrected chi connectivity index (χ3v) is 3.50. The molecule has 0 fully saturated rings. The Labute approximate surface area is 125 Å². The van der Waals surface area contributed by atoms with E-state index in [2.05, 4.69) is 42.2 Å². The van der Waals surface area contributed by atoms with E-state index in [-0.39, 0.29) is 0 Å². The highest BCUT2D eigenvalue weighted by Gasteiger charge is 2.13. The molecule has 0 unspecified atom stereocenters. The van der Waals surface area contributed by atoms with E-state index >= 15 is 0 Å². The molecule has 3 rings (SSSR count). The van der Waals surface area contributed by atoms with Gasteiger partial charge in [-0.3, -0.25) is 0 Å². The molecule has 0 aliphatic heterocycles. The first kappa shape index (κ1) is 13.3. The first-order valence-electron chi connectivity index (χ1n) is 7.02. The lowest BCUT2D eigenvalue weighted by molar-refractivity contribution is 1.25. The van der Waals surface area contributed by atoms with Gasteiger partial charge in [0.15, 0.2) is 0 Å². The molecule has 0 bridgehead atoms. The van der Waals surface area contributed by atoms with Crippen LogP contribution >= 0.6 is 0 Å². The van der Waals surface area contributed by atoms with Crippen molar-refractivity contribution in [1.82, 2.24) is 0 Å². The number of aryl methyl sites for hydroxylation is 1. The van der Waals surface area contributed by atoms with Crippen molar-refractivity contribution in [2.45, 2.75) is 6.92 Å². The quantitative estimate of drug-likeness (QED) is 0.677. The predicted octanol–water partition coefficient (Wildman–Crippen LogP) is 5.05. The van der Waals surface area contributed by atoms with Gasteiger partial charge in [0.05, 0.1) is 5.69 Å². The van der Waals surface area contributed by atoms with Crippen LogP contribution in [0.4, 0.5) is 22.7 Å². The van der Waals surface area contributed by atoms with E-state index in [1.165, 1.54) is 5.56 Å². The molecule has 2 N–H and O–H groups in total. The number of nitrogen functional groups attached to an aromatic ring is 1. The van der Waals surface area contributed by atoms with Crippen molar-refractivity contribution in [2.24, 2.45) is 0 Å². The van der Waals surface area contributed by atoms with Gasteiger partial charge in [-0.25, -0.2) is 0 Å². The molecule has 104 valence electrons. The van der Waals surface area contributed by atoms with Gasteiger partial charge in [0.25, 0.3) is 0 Å². The van der Waals surface area contributed by atoms with Crippen LogP contribution in [0.25, 0.3) is 0 Å². The van der Waals surface area contributed by atoms with Crippen LogP contribution in [-0.2, 0) is 0 Å².